The molecule has 0 aliphatic rings. The van der Waals surface area contributed by atoms with Crippen molar-refractivity contribution < 1.29 is 22.7 Å². The van der Waals surface area contributed by atoms with Gasteiger partial charge in [0, 0.05) is 17.1 Å². The molecule has 10 heteroatoms. The average molecular weight is 569 g/mol. The number of rotatable bonds is 11. The molecule has 1 atom stereocenters. The highest BCUT2D eigenvalue weighted by molar-refractivity contribution is 9.10. The Hall–Kier alpha value is -2.59. The monoisotopic (exact) mass is 567 g/mol. The number of benzene rings is 2. The molecule has 0 fully saturated rings. The number of nitrogens with zero attached hydrogens (tertiary/aromatic N) is 2. The lowest BCUT2D eigenvalue weighted by atomic mass is 10.1. The summed E-state index contributed by atoms with van der Waals surface area (Å²) in [6, 6.07) is 11.4. The largest absolute Gasteiger partial charge is 0.497 e. The summed E-state index contributed by atoms with van der Waals surface area (Å²) < 4.78 is 32.5. The molecule has 0 unspecified atom stereocenters. The first-order valence-corrected chi connectivity index (χ1v) is 14.0. The summed E-state index contributed by atoms with van der Waals surface area (Å²) in [5.74, 6) is -0.0857. The third-order valence-electron chi connectivity index (χ3n) is 5.44. The molecule has 0 aliphatic carbocycles. The molecule has 0 heterocycles. The van der Waals surface area contributed by atoms with Gasteiger partial charge in [-0.1, -0.05) is 35.0 Å². The van der Waals surface area contributed by atoms with Crippen LogP contribution in [0.5, 0.6) is 5.75 Å². The quantitative estimate of drug-likeness (QED) is 0.444. The Balaban J connectivity index is 2.45. The van der Waals surface area contributed by atoms with E-state index in [0.717, 1.165) is 26.2 Å². The van der Waals surface area contributed by atoms with Gasteiger partial charge in [-0.15, -0.1) is 0 Å². The van der Waals surface area contributed by atoms with Crippen LogP contribution in [-0.2, 0) is 26.2 Å². The van der Waals surface area contributed by atoms with Crippen molar-refractivity contribution in [3.63, 3.8) is 0 Å². The second-order valence-electron chi connectivity index (χ2n) is 8.66. The molecule has 0 aromatic heterocycles. The van der Waals surface area contributed by atoms with Gasteiger partial charge in [-0.3, -0.25) is 13.9 Å². The fourth-order valence-corrected chi connectivity index (χ4v) is 4.71. The Morgan fingerprint density at radius 1 is 1.11 bits per heavy atom. The van der Waals surface area contributed by atoms with Crippen molar-refractivity contribution in [2.75, 3.05) is 24.2 Å². The lowest BCUT2D eigenvalue weighted by molar-refractivity contribution is -0.140. The first-order chi connectivity index (χ1) is 16.4. The van der Waals surface area contributed by atoms with Gasteiger partial charge < -0.3 is 15.0 Å². The van der Waals surface area contributed by atoms with Gasteiger partial charge in [-0.25, -0.2) is 8.42 Å². The zero-order valence-corrected chi connectivity index (χ0v) is 23.4. The van der Waals surface area contributed by atoms with Crippen molar-refractivity contribution in [2.45, 2.75) is 52.7 Å². The number of aryl methyl sites for hydroxylation is 1. The molecule has 0 radical (unpaired) electrons. The minimum Gasteiger partial charge on any atom is -0.497 e. The molecule has 192 valence electrons. The van der Waals surface area contributed by atoms with E-state index in [1.54, 1.807) is 37.4 Å². The van der Waals surface area contributed by atoms with Gasteiger partial charge in [0.05, 0.1) is 19.1 Å². The van der Waals surface area contributed by atoms with Crippen LogP contribution in [0.15, 0.2) is 46.9 Å². The van der Waals surface area contributed by atoms with E-state index >= 15 is 0 Å². The van der Waals surface area contributed by atoms with Crippen molar-refractivity contribution in [3.05, 3.63) is 58.1 Å². The van der Waals surface area contributed by atoms with Crippen LogP contribution in [0.25, 0.3) is 0 Å². The van der Waals surface area contributed by atoms with Crippen LogP contribution in [0.3, 0.4) is 0 Å². The molecule has 0 bridgehead atoms. The molecule has 0 spiro atoms. The highest BCUT2D eigenvalue weighted by atomic mass is 79.9. The standard InChI is InChI=1S/C25H34BrN3O5S/c1-7-23(25(31)27-17(2)3)28(15-19-8-11-21(34-5)12-9-19)24(30)16-29(35(6,32)33)20-10-13-22(26)18(4)14-20/h8-14,17,23H,7,15-16H2,1-6H3,(H,27,31)/t23-/m1/s1. The summed E-state index contributed by atoms with van der Waals surface area (Å²) in [7, 11) is -2.21. The maximum absolute atomic E-state index is 13.6. The SMILES string of the molecule is CC[C@H](C(=O)NC(C)C)N(Cc1ccc(OC)cc1)C(=O)CN(c1ccc(Br)c(C)c1)S(C)(=O)=O. The van der Waals surface area contributed by atoms with Crippen LogP contribution < -0.4 is 14.4 Å². The fraction of sp³-hybridized carbons (Fsp3) is 0.440. The van der Waals surface area contributed by atoms with Gasteiger partial charge in [0.2, 0.25) is 21.8 Å². The highest BCUT2D eigenvalue weighted by Gasteiger charge is 2.32. The molecule has 2 aromatic rings. The molecule has 2 amide bonds. The fourth-order valence-electron chi connectivity index (χ4n) is 3.63. The van der Waals surface area contributed by atoms with Crippen molar-refractivity contribution in [2.24, 2.45) is 0 Å². The van der Waals surface area contributed by atoms with E-state index in [2.05, 4.69) is 21.2 Å². The molecule has 1 N–H and O–H groups in total. The summed E-state index contributed by atoms with van der Waals surface area (Å²) in [5, 5.41) is 2.87. The highest BCUT2D eigenvalue weighted by Crippen LogP contribution is 2.25. The number of hydrogen-bond donors (Lipinski definition) is 1. The van der Waals surface area contributed by atoms with Crippen LogP contribution in [0.2, 0.25) is 0 Å². The van der Waals surface area contributed by atoms with Crippen LogP contribution in [0, 0.1) is 6.92 Å². The molecule has 0 saturated carbocycles. The van der Waals surface area contributed by atoms with Crippen molar-refractivity contribution in [1.29, 1.82) is 0 Å². The number of anilines is 1. The molecular formula is C25H34BrN3O5S. The molecule has 8 nitrogen and oxygen atoms in total. The topological polar surface area (TPSA) is 96.0 Å². The van der Waals surface area contributed by atoms with Gasteiger partial charge in [0.15, 0.2) is 0 Å². The van der Waals surface area contributed by atoms with Crippen molar-refractivity contribution in [1.82, 2.24) is 10.2 Å². The van der Waals surface area contributed by atoms with E-state index in [0.29, 0.717) is 17.9 Å². The van der Waals surface area contributed by atoms with Gasteiger partial charge >= 0.3 is 0 Å². The number of hydrogen-bond acceptors (Lipinski definition) is 5. The Morgan fingerprint density at radius 2 is 1.74 bits per heavy atom. The Kier molecular flexibility index (Phi) is 10.1. The molecular weight excluding hydrogens is 534 g/mol. The maximum atomic E-state index is 13.6. The minimum absolute atomic E-state index is 0.104. The van der Waals surface area contributed by atoms with E-state index < -0.39 is 28.5 Å². The third-order valence-corrected chi connectivity index (χ3v) is 7.47. The number of halogens is 1. The number of carbonyl (C=O) groups excluding carboxylic acids is 2. The Labute approximate surface area is 216 Å². The van der Waals surface area contributed by atoms with Crippen molar-refractivity contribution >= 4 is 43.5 Å². The number of carbonyl (C=O) groups is 2. The predicted molar refractivity (Wildman–Crippen MR) is 142 cm³/mol. The van der Waals surface area contributed by atoms with Gasteiger partial charge in [-0.05, 0) is 68.7 Å². The number of nitrogens with one attached hydrogen (secondary N) is 1. The third kappa shape index (κ3) is 7.96. The normalized spacial score (nSPS) is 12.2. The minimum atomic E-state index is -3.78. The van der Waals surface area contributed by atoms with Crippen LogP contribution in [0.4, 0.5) is 5.69 Å². The molecule has 0 aliphatic heterocycles. The first-order valence-electron chi connectivity index (χ1n) is 11.3. The van der Waals surface area contributed by atoms with E-state index in [1.807, 2.05) is 39.8 Å². The number of amides is 2. The van der Waals surface area contributed by atoms with Crippen LogP contribution >= 0.6 is 15.9 Å². The second-order valence-corrected chi connectivity index (χ2v) is 11.4. The van der Waals surface area contributed by atoms with E-state index in [4.69, 9.17) is 4.74 Å². The zero-order chi connectivity index (χ0) is 26.3. The molecule has 2 aromatic carbocycles. The van der Waals surface area contributed by atoms with Crippen LogP contribution in [-0.4, -0.2) is 57.1 Å². The molecule has 2 rings (SSSR count). The second kappa shape index (κ2) is 12.4. The summed E-state index contributed by atoms with van der Waals surface area (Å²) in [6.45, 7) is 7.08. The average Bonchev–Trinajstić information content (AvgIpc) is 2.78. The maximum Gasteiger partial charge on any atom is 0.244 e. The summed E-state index contributed by atoms with van der Waals surface area (Å²) in [6.07, 6.45) is 1.44. The number of methoxy groups -OCH3 is 1. The Bertz CT molecular complexity index is 1140. The number of ether oxygens (including phenoxy) is 1. The summed E-state index contributed by atoms with van der Waals surface area (Å²) in [4.78, 5) is 28.1. The van der Waals surface area contributed by atoms with E-state index in [1.165, 1.54) is 4.90 Å². The van der Waals surface area contributed by atoms with E-state index in [9.17, 15) is 18.0 Å². The molecule has 35 heavy (non-hydrogen) atoms. The van der Waals surface area contributed by atoms with Crippen LogP contribution in [0.1, 0.15) is 38.3 Å². The van der Waals surface area contributed by atoms with Gasteiger partial charge in [0.25, 0.3) is 0 Å². The summed E-state index contributed by atoms with van der Waals surface area (Å²) >= 11 is 3.42. The lowest BCUT2D eigenvalue weighted by Crippen LogP contribution is -2.53. The van der Waals surface area contributed by atoms with Gasteiger partial charge in [0.1, 0.15) is 18.3 Å². The summed E-state index contributed by atoms with van der Waals surface area (Å²) in [5.41, 5.74) is 2.01. The zero-order valence-electron chi connectivity index (χ0n) is 21.0. The van der Waals surface area contributed by atoms with Gasteiger partial charge in [-0.2, -0.15) is 0 Å². The molecule has 0 saturated heterocycles. The number of sulfonamides is 1. The smallest absolute Gasteiger partial charge is 0.244 e. The van der Waals surface area contributed by atoms with Crippen molar-refractivity contribution in [3.8, 4) is 5.75 Å². The lowest BCUT2D eigenvalue weighted by Gasteiger charge is -2.33. The predicted octanol–water partition coefficient (Wildman–Crippen LogP) is 3.86. The Morgan fingerprint density at radius 3 is 2.23 bits per heavy atom. The van der Waals surface area contributed by atoms with E-state index in [-0.39, 0.29) is 18.5 Å². The first kappa shape index (κ1) is 28.6.